The number of fused-ring (bicyclic) bond motifs is 1. The van der Waals surface area contributed by atoms with E-state index in [-0.39, 0.29) is 16.9 Å². The third kappa shape index (κ3) is 4.34. The molecular weight excluding hydrogens is 410 g/mol. The van der Waals surface area contributed by atoms with Crippen LogP contribution in [0.25, 0.3) is 5.78 Å². The van der Waals surface area contributed by atoms with Gasteiger partial charge in [0.1, 0.15) is 16.9 Å². The maximum absolute atomic E-state index is 12.6. The largest absolute Gasteiger partial charge is 0.383 e. The summed E-state index contributed by atoms with van der Waals surface area (Å²) in [6.07, 6.45) is 1.92. The number of benzene rings is 1. The number of aromatic nitrogens is 4. The molecule has 8 nitrogen and oxygen atoms in total. The van der Waals surface area contributed by atoms with Gasteiger partial charge in [-0.3, -0.25) is 9.20 Å². The van der Waals surface area contributed by atoms with Crippen molar-refractivity contribution >= 4 is 35.0 Å². The molecule has 0 aliphatic rings. The Hall–Kier alpha value is -3.90. The van der Waals surface area contributed by atoms with Crippen LogP contribution in [0.15, 0.2) is 53.7 Å². The molecule has 3 aromatic heterocycles. The van der Waals surface area contributed by atoms with Gasteiger partial charge in [0.15, 0.2) is 0 Å². The van der Waals surface area contributed by atoms with Gasteiger partial charge in [-0.05, 0) is 38.1 Å². The molecule has 9 heteroatoms. The Morgan fingerprint density at radius 3 is 2.71 bits per heavy atom. The zero-order valence-electron chi connectivity index (χ0n) is 17.0. The fraction of sp³-hybridized carbons (Fsp3) is 0.136. The summed E-state index contributed by atoms with van der Waals surface area (Å²) in [6.45, 7) is 3.92. The lowest BCUT2D eigenvalue weighted by Crippen LogP contribution is -2.15. The van der Waals surface area contributed by atoms with Crippen molar-refractivity contribution in [3.63, 3.8) is 0 Å². The molecule has 1 aromatic carbocycles. The topological polar surface area (TPSA) is 122 Å². The Kier molecular flexibility index (Phi) is 5.56. The van der Waals surface area contributed by atoms with E-state index >= 15 is 0 Å². The molecular formula is C22H19N7OS. The summed E-state index contributed by atoms with van der Waals surface area (Å²) >= 11 is 1.34. The Balaban J connectivity index is 1.55. The summed E-state index contributed by atoms with van der Waals surface area (Å²) in [5, 5.41) is 12.8. The van der Waals surface area contributed by atoms with Gasteiger partial charge in [-0.1, -0.05) is 30.0 Å². The molecule has 0 saturated carbocycles. The number of aryl methyl sites for hydroxylation is 2. The summed E-state index contributed by atoms with van der Waals surface area (Å²) in [6, 6.07) is 14.6. The number of carbonyl (C=O) groups excluding carboxylic acids is 1. The molecule has 4 aromatic rings. The number of hydrogen-bond donors (Lipinski definition) is 2. The number of thioether (sulfide) groups is 1. The molecule has 1 amide bonds. The SMILES string of the molecule is Cc1cc(C)n2cc(CSc3nc(N)c(C(=O)Nc4ccccc4)cc3C#N)nc2n1. The highest BCUT2D eigenvalue weighted by molar-refractivity contribution is 7.98. The lowest BCUT2D eigenvalue weighted by atomic mass is 10.2. The number of amides is 1. The number of rotatable bonds is 5. The van der Waals surface area contributed by atoms with E-state index in [0.717, 1.165) is 17.1 Å². The number of nitriles is 1. The summed E-state index contributed by atoms with van der Waals surface area (Å²) in [4.78, 5) is 25.9. The van der Waals surface area contributed by atoms with Gasteiger partial charge in [0.25, 0.3) is 5.91 Å². The lowest BCUT2D eigenvalue weighted by Gasteiger charge is -2.10. The van der Waals surface area contributed by atoms with E-state index in [9.17, 15) is 10.1 Å². The Bertz CT molecular complexity index is 1330. The number of nitrogen functional groups attached to an aromatic ring is 1. The molecule has 0 bridgehead atoms. The first kappa shape index (κ1) is 20.4. The molecule has 0 atom stereocenters. The molecule has 3 N–H and O–H groups in total. The van der Waals surface area contributed by atoms with E-state index in [0.29, 0.717) is 22.2 Å². The minimum atomic E-state index is -0.415. The van der Waals surface area contributed by atoms with Crippen LogP contribution in [-0.4, -0.2) is 25.3 Å². The number of nitrogens with two attached hydrogens (primary N) is 1. The predicted molar refractivity (Wildman–Crippen MR) is 120 cm³/mol. The van der Waals surface area contributed by atoms with Gasteiger partial charge in [0.05, 0.1) is 16.8 Å². The third-order valence-corrected chi connectivity index (χ3v) is 5.61. The summed E-state index contributed by atoms with van der Waals surface area (Å²) in [7, 11) is 0. The van der Waals surface area contributed by atoms with Crippen molar-refractivity contribution in [1.29, 1.82) is 5.26 Å². The number of pyridine rings is 1. The van der Waals surface area contributed by atoms with Gasteiger partial charge >= 0.3 is 0 Å². The van der Waals surface area contributed by atoms with Crippen LogP contribution in [0.1, 0.15) is 33.0 Å². The smallest absolute Gasteiger partial charge is 0.259 e. The van der Waals surface area contributed by atoms with Crippen LogP contribution >= 0.6 is 11.8 Å². The van der Waals surface area contributed by atoms with Crippen LogP contribution in [0.5, 0.6) is 0 Å². The summed E-state index contributed by atoms with van der Waals surface area (Å²) < 4.78 is 1.92. The Morgan fingerprint density at radius 2 is 1.97 bits per heavy atom. The molecule has 3 heterocycles. The van der Waals surface area contributed by atoms with Gasteiger partial charge in [-0.25, -0.2) is 15.0 Å². The molecule has 0 spiro atoms. The van der Waals surface area contributed by atoms with Crippen molar-refractivity contribution in [3.8, 4) is 6.07 Å². The van der Waals surface area contributed by atoms with Crippen molar-refractivity contribution in [2.75, 3.05) is 11.1 Å². The van der Waals surface area contributed by atoms with Gasteiger partial charge < -0.3 is 11.1 Å². The number of nitrogens with one attached hydrogen (secondary N) is 1. The first-order chi connectivity index (χ1) is 14.9. The van der Waals surface area contributed by atoms with E-state index in [1.807, 2.05) is 48.7 Å². The number of imidazole rings is 1. The highest BCUT2D eigenvalue weighted by Crippen LogP contribution is 2.27. The van der Waals surface area contributed by atoms with Crippen LogP contribution < -0.4 is 11.1 Å². The van der Waals surface area contributed by atoms with Gasteiger partial charge in [0, 0.05) is 29.0 Å². The number of anilines is 2. The zero-order valence-corrected chi connectivity index (χ0v) is 17.8. The van der Waals surface area contributed by atoms with Crippen molar-refractivity contribution in [1.82, 2.24) is 19.4 Å². The maximum Gasteiger partial charge on any atom is 0.259 e. The van der Waals surface area contributed by atoms with E-state index in [1.54, 1.807) is 12.1 Å². The van der Waals surface area contributed by atoms with Gasteiger partial charge in [-0.15, -0.1) is 0 Å². The van der Waals surface area contributed by atoms with Crippen molar-refractivity contribution in [2.45, 2.75) is 24.6 Å². The molecule has 0 fully saturated rings. The van der Waals surface area contributed by atoms with Crippen molar-refractivity contribution in [3.05, 3.63) is 76.9 Å². The third-order valence-electron chi connectivity index (χ3n) is 4.58. The van der Waals surface area contributed by atoms with Gasteiger partial charge in [0.2, 0.25) is 5.78 Å². The first-order valence-electron chi connectivity index (χ1n) is 9.46. The number of hydrogen-bond acceptors (Lipinski definition) is 7. The van der Waals surface area contributed by atoms with E-state index in [2.05, 4.69) is 26.3 Å². The van der Waals surface area contributed by atoms with Crippen molar-refractivity contribution in [2.24, 2.45) is 0 Å². The molecule has 0 radical (unpaired) electrons. The second-order valence-electron chi connectivity index (χ2n) is 6.94. The minimum absolute atomic E-state index is 0.0677. The predicted octanol–water partition coefficient (Wildman–Crippen LogP) is 3.74. The van der Waals surface area contributed by atoms with Crippen LogP contribution in [-0.2, 0) is 5.75 Å². The zero-order chi connectivity index (χ0) is 22.0. The first-order valence-corrected chi connectivity index (χ1v) is 10.4. The quantitative estimate of drug-likeness (QED) is 0.463. The molecule has 0 saturated heterocycles. The second kappa shape index (κ2) is 8.45. The average Bonchev–Trinajstić information content (AvgIpc) is 3.16. The number of para-hydroxylation sites is 1. The molecule has 0 aliphatic carbocycles. The maximum atomic E-state index is 12.6. The highest BCUT2D eigenvalue weighted by atomic mass is 32.2. The van der Waals surface area contributed by atoms with E-state index in [4.69, 9.17) is 5.73 Å². The molecule has 4 rings (SSSR count). The molecule has 0 unspecified atom stereocenters. The summed E-state index contributed by atoms with van der Waals surface area (Å²) in [5.74, 6) is 0.770. The monoisotopic (exact) mass is 429 g/mol. The van der Waals surface area contributed by atoms with Gasteiger partial charge in [-0.2, -0.15) is 5.26 Å². The Morgan fingerprint density at radius 1 is 1.19 bits per heavy atom. The van der Waals surface area contributed by atoms with Crippen molar-refractivity contribution < 1.29 is 4.79 Å². The fourth-order valence-corrected chi connectivity index (χ4v) is 3.98. The minimum Gasteiger partial charge on any atom is -0.383 e. The molecule has 0 aliphatic heterocycles. The number of nitrogens with zero attached hydrogens (tertiary/aromatic N) is 5. The fourth-order valence-electron chi connectivity index (χ4n) is 3.13. The normalized spacial score (nSPS) is 10.7. The molecule has 31 heavy (non-hydrogen) atoms. The molecule has 154 valence electrons. The Labute approximate surface area is 183 Å². The van der Waals surface area contributed by atoms with E-state index < -0.39 is 5.91 Å². The van der Waals surface area contributed by atoms with Crippen LogP contribution in [0.3, 0.4) is 0 Å². The standard InChI is InChI=1S/C22H19N7OS/c1-13-8-14(2)29-11-17(27-22(29)25-13)12-31-21-15(10-23)9-18(19(24)28-21)20(30)26-16-6-4-3-5-7-16/h3-9,11H,12H2,1-2H3,(H2,24,28)(H,26,30). The second-order valence-corrected chi connectivity index (χ2v) is 7.90. The average molecular weight is 430 g/mol. The van der Waals surface area contributed by atoms with Crippen LogP contribution in [0, 0.1) is 25.2 Å². The number of carbonyl (C=O) groups is 1. The van der Waals surface area contributed by atoms with Crippen LogP contribution in [0.4, 0.5) is 11.5 Å². The van der Waals surface area contributed by atoms with E-state index in [1.165, 1.54) is 17.8 Å². The van der Waals surface area contributed by atoms with Crippen LogP contribution in [0.2, 0.25) is 0 Å². The summed E-state index contributed by atoms with van der Waals surface area (Å²) in [5.41, 5.74) is 9.87. The lowest BCUT2D eigenvalue weighted by molar-refractivity contribution is 0.102. The highest BCUT2D eigenvalue weighted by Gasteiger charge is 2.17.